The first-order valence-electron chi connectivity index (χ1n) is 11.7. The van der Waals surface area contributed by atoms with Gasteiger partial charge in [-0.05, 0) is 50.1 Å². The van der Waals surface area contributed by atoms with Gasteiger partial charge in [-0.2, -0.15) is 0 Å². The molecule has 0 aliphatic carbocycles. The van der Waals surface area contributed by atoms with E-state index in [1.807, 2.05) is 26.8 Å². The minimum Gasteiger partial charge on any atom is -0.494 e. The Balaban J connectivity index is 1.83. The predicted octanol–water partition coefficient (Wildman–Crippen LogP) is 3.86. The van der Waals surface area contributed by atoms with Crippen LogP contribution in [0.5, 0.6) is 11.5 Å². The van der Waals surface area contributed by atoms with Crippen molar-refractivity contribution < 1.29 is 17.9 Å². The van der Waals surface area contributed by atoms with Gasteiger partial charge >= 0.3 is 0 Å². The number of sulfone groups is 1. The fourth-order valence-electron chi connectivity index (χ4n) is 4.03. The standard InChI is InChI=1S/C26H30N6O4S/c1-16-10-20(14-27-11-16)26-31-30-23(32(26)24-21(35-5)8-7-9-22(24)36-6)15-37(33,34)19(4)18(3)25-28-12-17(2)13-29-25/h7-14,18-19H,15H2,1-6H3/t18-,19-/m1/s1. The zero-order valence-corrected chi connectivity index (χ0v) is 22.5. The van der Waals surface area contributed by atoms with Crippen LogP contribution in [0.1, 0.15) is 42.5 Å². The van der Waals surface area contributed by atoms with Crippen LogP contribution in [0.25, 0.3) is 17.1 Å². The first-order chi connectivity index (χ1) is 17.7. The van der Waals surface area contributed by atoms with Crippen molar-refractivity contribution in [1.29, 1.82) is 0 Å². The van der Waals surface area contributed by atoms with Crippen molar-refractivity contribution in [3.8, 4) is 28.6 Å². The second kappa shape index (κ2) is 10.6. The van der Waals surface area contributed by atoms with Gasteiger partial charge in [0.25, 0.3) is 0 Å². The molecule has 0 saturated heterocycles. The Bertz CT molecular complexity index is 1480. The maximum atomic E-state index is 13.7. The molecule has 194 valence electrons. The van der Waals surface area contributed by atoms with E-state index in [-0.39, 0.29) is 11.6 Å². The Morgan fingerprint density at radius 3 is 2.16 bits per heavy atom. The van der Waals surface area contributed by atoms with Crippen molar-refractivity contribution in [3.63, 3.8) is 0 Å². The normalized spacial score (nSPS) is 13.2. The van der Waals surface area contributed by atoms with Crippen LogP contribution >= 0.6 is 0 Å². The minimum absolute atomic E-state index is 0.225. The first kappa shape index (κ1) is 26.2. The molecule has 3 heterocycles. The molecule has 0 bridgehead atoms. The van der Waals surface area contributed by atoms with Crippen molar-refractivity contribution in [3.05, 3.63) is 71.8 Å². The highest BCUT2D eigenvalue weighted by Gasteiger charge is 2.33. The number of para-hydroxylation sites is 1. The van der Waals surface area contributed by atoms with Gasteiger partial charge in [0.2, 0.25) is 0 Å². The fraction of sp³-hybridized carbons (Fsp3) is 0.346. The summed E-state index contributed by atoms with van der Waals surface area (Å²) in [6, 6.07) is 7.25. The van der Waals surface area contributed by atoms with Crippen molar-refractivity contribution in [1.82, 2.24) is 29.7 Å². The molecular weight excluding hydrogens is 492 g/mol. The van der Waals surface area contributed by atoms with Crippen molar-refractivity contribution in [2.45, 2.75) is 44.6 Å². The Hall–Kier alpha value is -3.86. The number of aryl methyl sites for hydroxylation is 2. The monoisotopic (exact) mass is 522 g/mol. The lowest BCUT2D eigenvalue weighted by molar-refractivity contribution is 0.390. The van der Waals surface area contributed by atoms with Crippen LogP contribution in [0.3, 0.4) is 0 Å². The van der Waals surface area contributed by atoms with E-state index in [9.17, 15) is 8.42 Å². The summed E-state index contributed by atoms with van der Waals surface area (Å²) in [5.74, 6) is 1.29. The van der Waals surface area contributed by atoms with Gasteiger partial charge in [-0.1, -0.05) is 13.0 Å². The van der Waals surface area contributed by atoms with E-state index in [1.165, 1.54) is 14.2 Å². The summed E-state index contributed by atoms with van der Waals surface area (Å²) in [5, 5.41) is 7.93. The number of aromatic nitrogens is 6. The molecule has 0 amide bonds. The van der Waals surface area contributed by atoms with Crippen molar-refractivity contribution >= 4 is 9.84 Å². The van der Waals surface area contributed by atoms with Crippen LogP contribution in [0.4, 0.5) is 0 Å². The van der Waals surface area contributed by atoms with Crippen LogP contribution < -0.4 is 9.47 Å². The third kappa shape index (κ3) is 5.31. The lowest BCUT2D eigenvalue weighted by Gasteiger charge is -2.20. The van der Waals surface area contributed by atoms with E-state index >= 15 is 0 Å². The van der Waals surface area contributed by atoms with E-state index < -0.39 is 21.0 Å². The van der Waals surface area contributed by atoms with Crippen molar-refractivity contribution in [2.75, 3.05) is 14.2 Å². The van der Waals surface area contributed by atoms with E-state index in [4.69, 9.17) is 9.47 Å². The summed E-state index contributed by atoms with van der Waals surface area (Å²) < 4.78 is 40.3. The number of ether oxygens (including phenoxy) is 2. The molecule has 0 unspecified atom stereocenters. The average Bonchev–Trinajstić information content (AvgIpc) is 3.29. The molecule has 0 fully saturated rings. The summed E-state index contributed by atoms with van der Waals surface area (Å²) in [6.07, 6.45) is 6.76. The highest BCUT2D eigenvalue weighted by atomic mass is 32.2. The van der Waals surface area contributed by atoms with E-state index in [0.29, 0.717) is 34.4 Å². The Kier molecular flexibility index (Phi) is 7.53. The highest BCUT2D eigenvalue weighted by molar-refractivity contribution is 7.91. The van der Waals surface area contributed by atoms with Gasteiger partial charge < -0.3 is 9.47 Å². The van der Waals surface area contributed by atoms with Crippen LogP contribution in [-0.2, 0) is 15.6 Å². The van der Waals surface area contributed by atoms with Crippen LogP contribution in [0, 0.1) is 13.8 Å². The Morgan fingerprint density at radius 1 is 0.919 bits per heavy atom. The fourth-order valence-corrected chi connectivity index (χ4v) is 5.58. The summed E-state index contributed by atoms with van der Waals surface area (Å²) in [4.78, 5) is 12.9. The molecule has 2 atom stereocenters. The maximum absolute atomic E-state index is 13.7. The molecule has 0 aliphatic heterocycles. The number of rotatable bonds is 9. The summed E-state index contributed by atoms with van der Waals surface area (Å²) in [6.45, 7) is 7.28. The van der Waals surface area contributed by atoms with Gasteiger partial charge in [0.15, 0.2) is 21.5 Å². The smallest absolute Gasteiger partial charge is 0.170 e. The van der Waals surface area contributed by atoms with Crippen LogP contribution in [0.15, 0.2) is 49.1 Å². The molecule has 0 N–H and O–H groups in total. The molecule has 0 radical (unpaired) electrons. The molecule has 0 saturated carbocycles. The van der Waals surface area contributed by atoms with Gasteiger partial charge in [0.1, 0.15) is 28.8 Å². The Morgan fingerprint density at radius 2 is 1.57 bits per heavy atom. The van der Waals surface area contributed by atoms with Crippen LogP contribution in [0.2, 0.25) is 0 Å². The quantitative estimate of drug-likeness (QED) is 0.322. The molecular formula is C26H30N6O4S. The van der Waals surface area contributed by atoms with Gasteiger partial charge in [-0.15, -0.1) is 10.2 Å². The number of hydrogen-bond acceptors (Lipinski definition) is 9. The number of nitrogens with zero attached hydrogens (tertiary/aromatic N) is 6. The average molecular weight is 523 g/mol. The number of methoxy groups -OCH3 is 2. The second-order valence-electron chi connectivity index (χ2n) is 8.96. The maximum Gasteiger partial charge on any atom is 0.170 e. The van der Waals surface area contributed by atoms with Crippen molar-refractivity contribution in [2.24, 2.45) is 0 Å². The van der Waals surface area contributed by atoms with Gasteiger partial charge in [-0.25, -0.2) is 18.4 Å². The molecule has 1 aromatic carbocycles. The molecule has 37 heavy (non-hydrogen) atoms. The zero-order chi connectivity index (χ0) is 26.7. The molecule has 11 heteroatoms. The van der Waals surface area contributed by atoms with Gasteiger partial charge in [0.05, 0.1) is 19.5 Å². The molecule has 3 aromatic heterocycles. The largest absolute Gasteiger partial charge is 0.494 e. The lowest BCUT2D eigenvalue weighted by atomic mass is 10.1. The predicted molar refractivity (Wildman–Crippen MR) is 140 cm³/mol. The van der Waals surface area contributed by atoms with E-state index in [0.717, 1.165) is 11.1 Å². The minimum atomic E-state index is -3.72. The summed E-state index contributed by atoms with van der Waals surface area (Å²) >= 11 is 0. The summed E-state index contributed by atoms with van der Waals surface area (Å²) in [5.41, 5.74) is 3.01. The molecule has 10 nitrogen and oxygen atoms in total. The van der Waals surface area contributed by atoms with E-state index in [1.54, 1.807) is 54.5 Å². The first-order valence-corrected chi connectivity index (χ1v) is 13.5. The molecule has 0 spiro atoms. The van der Waals surface area contributed by atoms with Gasteiger partial charge in [-0.3, -0.25) is 9.55 Å². The number of hydrogen-bond donors (Lipinski definition) is 0. The molecule has 4 aromatic rings. The topological polar surface area (TPSA) is 122 Å². The third-order valence-corrected chi connectivity index (χ3v) is 8.50. The van der Waals surface area contributed by atoms with Crippen LogP contribution in [-0.4, -0.2) is 57.6 Å². The van der Waals surface area contributed by atoms with E-state index in [2.05, 4.69) is 25.1 Å². The summed E-state index contributed by atoms with van der Waals surface area (Å²) in [7, 11) is -0.638. The Labute approximate surface area is 216 Å². The molecule has 0 aliphatic rings. The third-order valence-electron chi connectivity index (χ3n) is 6.30. The number of pyridine rings is 1. The SMILES string of the molecule is COc1cccc(OC)c1-n1c(CS(=O)(=O)[C@H](C)[C@@H](C)c2ncc(C)cn2)nnc1-c1cncc(C)c1. The zero-order valence-electron chi connectivity index (χ0n) is 21.7. The number of benzene rings is 1. The lowest BCUT2D eigenvalue weighted by Crippen LogP contribution is -2.27. The molecule has 4 rings (SSSR count). The highest BCUT2D eigenvalue weighted by Crippen LogP contribution is 2.37. The van der Waals surface area contributed by atoms with Gasteiger partial charge in [0, 0.05) is 36.3 Å². The second-order valence-corrected chi connectivity index (χ2v) is 11.3.